The molecule has 1 aromatic heterocycles. The molecule has 0 atom stereocenters. The van der Waals surface area contributed by atoms with Crippen LogP contribution in [0.3, 0.4) is 0 Å². The Labute approximate surface area is 349 Å². The molecule has 55 heavy (non-hydrogen) atoms. The Morgan fingerprint density at radius 1 is 0.309 bits per heavy atom. The molecule has 0 fully saturated rings. The second-order valence-corrected chi connectivity index (χ2v) is 18.3. The molecule has 0 aromatic carbocycles. The van der Waals surface area contributed by atoms with Crippen LogP contribution in [0.2, 0.25) is 0 Å². The van der Waals surface area contributed by atoms with Gasteiger partial charge < -0.3 is 0 Å². The normalized spacial score (nSPS) is 11.7. The van der Waals surface area contributed by atoms with E-state index in [0.29, 0.717) is 0 Å². The number of hydrogen-bond donors (Lipinski definition) is 0. The Balaban J connectivity index is 2.25. The van der Waals surface area contributed by atoms with Crippen molar-refractivity contribution in [2.75, 3.05) is 0 Å². The fourth-order valence-corrected chi connectivity index (χ4v) is 8.98. The Kier molecular flexibility index (Phi) is 42.1. The van der Waals surface area contributed by atoms with Gasteiger partial charge in [0.1, 0.15) is 12.4 Å². The quantitative estimate of drug-likeness (QED) is 0.0461. The van der Waals surface area contributed by atoms with Crippen LogP contribution in [-0.4, -0.2) is 4.57 Å². The molecule has 0 bridgehead atoms. The Morgan fingerprint density at radius 3 is 0.873 bits per heavy atom. The Hall–Kier alpha value is -0.790. The molecular weight excluding hydrogens is 665 g/mol. The first kappa shape index (κ1) is 52.2. The highest BCUT2D eigenvalue weighted by Crippen LogP contribution is 2.17. The smallest absolute Gasteiger partial charge is 0.234 e. The van der Waals surface area contributed by atoms with Crippen LogP contribution in [0.1, 0.15) is 309 Å². The van der Waals surface area contributed by atoms with E-state index in [1.54, 1.807) is 5.82 Å². The molecule has 1 rings (SSSR count). The minimum Gasteiger partial charge on any atom is -0.234 e. The molecule has 1 aromatic rings. The fraction of sp³-hybridized carbons (Fsp3) is 0.943. The molecule has 2 nitrogen and oxygen atoms in total. The number of aromatic nitrogens is 2. The second kappa shape index (κ2) is 44.3. The third-order valence-corrected chi connectivity index (χ3v) is 12.8. The first-order chi connectivity index (χ1) is 27.3. The predicted molar refractivity (Wildman–Crippen MR) is 249 cm³/mol. The van der Waals surface area contributed by atoms with E-state index in [1.807, 2.05) is 0 Å². The molecule has 0 radical (unpaired) electrons. The summed E-state index contributed by atoms with van der Waals surface area (Å²) in [5, 5.41) is 0. The predicted octanol–water partition coefficient (Wildman–Crippen LogP) is 18.5. The summed E-state index contributed by atoms with van der Waals surface area (Å²) in [6, 6.07) is 0. The average Bonchev–Trinajstić information content (AvgIpc) is 3.58. The van der Waals surface area contributed by atoms with Gasteiger partial charge in [-0.1, -0.05) is 271 Å². The van der Waals surface area contributed by atoms with Crippen LogP contribution in [0, 0.1) is 0 Å². The first-order valence-corrected chi connectivity index (χ1v) is 26.4. The minimum absolute atomic E-state index is 1.23. The van der Waals surface area contributed by atoms with Crippen LogP contribution in [-0.2, 0) is 19.5 Å². The van der Waals surface area contributed by atoms with E-state index in [1.165, 1.54) is 302 Å². The number of imidazole rings is 1. The zero-order chi connectivity index (χ0) is 39.4. The average molecular weight is 770 g/mol. The molecule has 0 N–H and O–H groups in total. The van der Waals surface area contributed by atoms with Crippen molar-refractivity contribution in [1.82, 2.24) is 4.57 Å². The fourth-order valence-electron chi connectivity index (χ4n) is 8.98. The van der Waals surface area contributed by atoms with Gasteiger partial charge in [0.2, 0.25) is 0 Å². The van der Waals surface area contributed by atoms with Crippen LogP contribution in [0.4, 0.5) is 0 Å². The van der Waals surface area contributed by atoms with Gasteiger partial charge in [-0.05, 0) is 32.1 Å². The summed E-state index contributed by atoms with van der Waals surface area (Å²) in [7, 11) is 0. The summed E-state index contributed by atoms with van der Waals surface area (Å²) >= 11 is 0. The van der Waals surface area contributed by atoms with Crippen LogP contribution >= 0.6 is 0 Å². The van der Waals surface area contributed by atoms with E-state index < -0.39 is 0 Å². The highest BCUT2D eigenvalue weighted by Gasteiger charge is 2.16. The molecular formula is C53H105N2+. The summed E-state index contributed by atoms with van der Waals surface area (Å²) in [5.41, 5.74) is 0. The monoisotopic (exact) mass is 770 g/mol. The third-order valence-electron chi connectivity index (χ3n) is 12.8. The van der Waals surface area contributed by atoms with E-state index >= 15 is 0 Å². The molecule has 326 valence electrons. The molecule has 0 aliphatic rings. The highest BCUT2D eigenvalue weighted by atomic mass is 15.1. The van der Waals surface area contributed by atoms with Crippen LogP contribution in [0.25, 0.3) is 0 Å². The lowest BCUT2D eigenvalue weighted by atomic mass is 10.0. The van der Waals surface area contributed by atoms with Crippen molar-refractivity contribution < 1.29 is 4.57 Å². The summed E-state index contributed by atoms with van der Waals surface area (Å²) < 4.78 is 5.32. The van der Waals surface area contributed by atoms with Crippen molar-refractivity contribution in [3.05, 3.63) is 18.2 Å². The van der Waals surface area contributed by atoms with Crippen LogP contribution in [0.5, 0.6) is 0 Å². The van der Waals surface area contributed by atoms with E-state index in [0.717, 1.165) is 0 Å². The van der Waals surface area contributed by atoms with Gasteiger partial charge in [-0.3, -0.25) is 0 Å². The van der Waals surface area contributed by atoms with Crippen LogP contribution in [0.15, 0.2) is 12.4 Å². The molecule has 0 spiro atoms. The van der Waals surface area contributed by atoms with Crippen molar-refractivity contribution in [1.29, 1.82) is 0 Å². The van der Waals surface area contributed by atoms with Crippen molar-refractivity contribution >= 4 is 0 Å². The summed E-state index contributed by atoms with van der Waals surface area (Å²) in [4.78, 5) is 0. The van der Waals surface area contributed by atoms with Crippen molar-refractivity contribution in [2.24, 2.45) is 0 Å². The van der Waals surface area contributed by atoms with Gasteiger partial charge in [-0.2, -0.15) is 0 Å². The largest absolute Gasteiger partial charge is 0.256 e. The molecule has 0 aliphatic carbocycles. The molecule has 0 saturated carbocycles. The third kappa shape index (κ3) is 36.1. The molecule has 0 aliphatic heterocycles. The van der Waals surface area contributed by atoms with Crippen LogP contribution < -0.4 is 4.57 Å². The summed E-state index contributed by atoms with van der Waals surface area (Å²) in [6.07, 6.45) is 69.8. The minimum atomic E-state index is 1.23. The maximum Gasteiger partial charge on any atom is 0.256 e. The van der Waals surface area contributed by atoms with Gasteiger partial charge in [0.15, 0.2) is 0 Å². The van der Waals surface area contributed by atoms with E-state index in [4.69, 9.17) is 0 Å². The van der Waals surface area contributed by atoms with Gasteiger partial charge in [-0.15, -0.1) is 0 Å². The number of unbranched alkanes of at least 4 members (excludes halogenated alkanes) is 41. The number of nitrogens with zero attached hydrogens (tertiary/aromatic N) is 2. The maximum absolute atomic E-state index is 2.66. The topological polar surface area (TPSA) is 8.81 Å². The molecule has 1 heterocycles. The summed E-state index contributed by atoms with van der Waals surface area (Å²) in [5.74, 6) is 1.63. The van der Waals surface area contributed by atoms with E-state index in [-0.39, 0.29) is 0 Å². The molecule has 2 heteroatoms. The first-order valence-electron chi connectivity index (χ1n) is 26.4. The van der Waals surface area contributed by atoms with Gasteiger partial charge in [-0.25, -0.2) is 9.13 Å². The van der Waals surface area contributed by atoms with E-state index in [9.17, 15) is 0 Å². The molecule has 0 saturated heterocycles. The van der Waals surface area contributed by atoms with Crippen molar-refractivity contribution in [3.8, 4) is 0 Å². The second-order valence-electron chi connectivity index (χ2n) is 18.3. The lowest BCUT2D eigenvalue weighted by Crippen LogP contribution is -2.37. The van der Waals surface area contributed by atoms with Gasteiger partial charge in [0, 0.05) is 6.42 Å². The van der Waals surface area contributed by atoms with Gasteiger partial charge in [0.05, 0.1) is 13.1 Å². The summed E-state index contributed by atoms with van der Waals surface area (Å²) in [6.45, 7) is 9.42. The molecule has 0 unspecified atom stereocenters. The Morgan fingerprint density at radius 2 is 0.564 bits per heavy atom. The van der Waals surface area contributed by atoms with E-state index in [2.05, 4.69) is 42.3 Å². The number of rotatable bonds is 47. The number of hydrogen-bond acceptors (Lipinski definition) is 0. The number of aryl methyl sites for hydroxylation is 2. The SMILES string of the molecule is CCCCCCCCCCCCCCCCCn1cc[n+](CCCCCCCCCCCCCCCCC)c1CCCCCCCCCCCCCCCC. The van der Waals surface area contributed by atoms with Gasteiger partial charge in [0.25, 0.3) is 5.82 Å². The Bertz CT molecular complexity index is 790. The highest BCUT2D eigenvalue weighted by molar-refractivity contribution is 4.84. The zero-order valence-electron chi connectivity index (χ0n) is 38.8. The van der Waals surface area contributed by atoms with Gasteiger partial charge >= 0.3 is 0 Å². The molecule has 0 amide bonds. The lowest BCUT2D eigenvalue weighted by molar-refractivity contribution is -0.704. The zero-order valence-corrected chi connectivity index (χ0v) is 38.8. The maximum atomic E-state index is 2.66. The standard InChI is InChI=1S/C53H105N2/c1-4-7-10-13-16-19-22-25-28-31-34-37-40-43-46-49-54-51-52-55(50-47-44-41-38-35-32-29-26-23-20-17-14-11-8-5-2)53(54)48-45-42-39-36-33-30-27-24-21-18-15-12-9-6-3/h51-52H,4-50H2,1-3H3/q+1. The van der Waals surface area contributed by atoms with Crippen molar-refractivity contribution in [2.45, 2.75) is 323 Å². The lowest BCUT2D eigenvalue weighted by Gasteiger charge is -2.07. The van der Waals surface area contributed by atoms with Crippen molar-refractivity contribution in [3.63, 3.8) is 0 Å².